The second-order valence-corrected chi connectivity index (χ2v) is 14.0. The molecule has 254 valence electrons. The lowest BCUT2D eigenvalue weighted by Gasteiger charge is -2.26. The van der Waals surface area contributed by atoms with Gasteiger partial charge in [-0.2, -0.15) is 0 Å². The Kier molecular flexibility index (Phi) is 8.98. The van der Waals surface area contributed by atoms with Gasteiger partial charge in [0.15, 0.2) is 0 Å². The van der Waals surface area contributed by atoms with E-state index in [1.807, 2.05) is 0 Å². The molecule has 7 aromatic carbocycles. The summed E-state index contributed by atoms with van der Waals surface area (Å²) in [6.45, 7) is 0. The molecule has 1 heteroatoms. The van der Waals surface area contributed by atoms with Crippen LogP contribution in [0.5, 0.6) is 0 Å². The Bertz CT molecular complexity index is 2350. The third-order valence-corrected chi connectivity index (χ3v) is 10.6. The van der Waals surface area contributed by atoms with Crippen LogP contribution in [0.2, 0.25) is 0 Å². The number of nitrogens with zero attached hydrogens (tertiary/aromatic N) is 1. The van der Waals surface area contributed by atoms with Crippen molar-refractivity contribution in [1.29, 1.82) is 0 Å². The van der Waals surface area contributed by atoms with E-state index in [9.17, 15) is 0 Å². The van der Waals surface area contributed by atoms with E-state index in [2.05, 4.69) is 205 Å². The van der Waals surface area contributed by atoms with Crippen molar-refractivity contribution in [2.45, 2.75) is 25.7 Å². The van der Waals surface area contributed by atoms with Crippen LogP contribution < -0.4 is 4.90 Å². The standard InChI is InChI=1S/C52H41N/c1-4-12-38(13-5-1)41-24-30-48(31-25-41)53(49-32-26-42(27-33-49)39-14-6-2-7-15-39)50-34-28-43(29-35-50)40-20-22-44(23-21-40)47-36-46-18-10-11-19-51(46)52(37-47)45-16-8-3-9-17-45/h1-8,10,12-16,18,20-37H,9,11,17,19H2. The lowest BCUT2D eigenvalue weighted by Crippen LogP contribution is -2.09. The fourth-order valence-corrected chi connectivity index (χ4v) is 7.81. The molecule has 2 aliphatic carbocycles. The quantitative estimate of drug-likeness (QED) is 0.155. The second-order valence-electron chi connectivity index (χ2n) is 14.0. The second kappa shape index (κ2) is 14.7. The molecule has 0 radical (unpaired) electrons. The van der Waals surface area contributed by atoms with Gasteiger partial charge >= 0.3 is 0 Å². The molecule has 2 aliphatic rings. The van der Waals surface area contributed by atoms with Gasteiger partial charge in [-0.05, 0) is 141 Å². The van der Waals surface area contributed by atoms with Gasteiger partial charge in [0.05, 0.1) is 0 Å². The Morgan fingerprint density at radius 1 is 0.377 bits per heavy atom. The normalized spacial score (nSPS) is 13.3. The molecule has 0 N–H and O–H groups in total. The van der Waals surface area contributed by atoms with Crippen LogP contribution in [0, 0.1) is 0 Å². The molecule has 0 aliphatic heterocycles. The number of fused-ring (bicyclic) bond motifs is 1. The average molecular weight is 680 g/mol. The molecular weight excluding hydrogens is 639 g/mol. The Labute approximate surface area is 313 Å². The van der Waals surface area contributed by atoms with E-state index in [4.69, 9.17) is 0 Å². The van der Waals surface area contributed by atoms with Gasteiger partial charge in [-0.15, -0.1) is 0 Å². The summed E-state index contributed by atoms with van der Waals surface area (Å²) in [6.07, 6.45) is 15.9. The molecule has 0 unspecified atom stereocenters. The van der Waals surface area contributed by atoms with Gasteiger partial charge in [0.2, 0.25) is 0 Å². The number of hydrogen-bond acceptors (Lipinski definition) is 1. The minimum Gasteiger partial charge on any atom is -0.311 e. The molecule has 0 saturated carbocycles. The van der Waals surface area contributed by atoms with Gasteiger partial charge in [-0.3, -0.25) is 0 Å². The number of hydrogen-bond donors (Lipinski definition) is 0. The summed E-state index contributed by atoms with van der Waals surface area (Å²) >= 11 is 0. The third-order valence-electron chi connectivity index (χ3n) is 10.6. The SMILES string of the molecule is C1=CCCC(c2cc(-c3ccc(-c4ccc(N(c5ccc(-c6ccccc6)cc5)c5ccc(-c6ccccc6)cc5)cc4)cc3)cc3c2CCC=C3)=C1. The number of benzene rings is 7. The Morgan fingerprint density at radius 3 is 1.28 bits per heavy atom. The maximum atomic E-state index is 2.43. The first-order valence-electron chi connectivity index (χ1n) is 18.8. The van der Waals surface area contributed by atoms with Crippen LogP contribution in [0.3, 0.4) is 0 Å². The lowest BCUT2D eigenvalue weighted by atomic mass is 9.84. The van der Waals surface area contributed by atoms with Crippen LogP contribution in [-0.4, -0.2) is 0 Å². The molecule has 53 heavy (non-hydrogen) atoms. The summed E-state index contributed by atoms with van der Waals surface area (Å²) in [7, 11) is 0. The van der Waals surface area contributed by atoms with E-state index in [0.717, 1.165) is 42.7 Å². The fourth-order valence-electron chi connectivity index (χ4n) is 7.81. The van der Waals surface area contributed by atoms with E-state index < -0.39 is 0 Å². The maximum absolute atomic E-state index is 2.43. The minimum atomic E-state index is 1.11. The van der Waals surface area contributed by atoms with E-state index >= 15 is 0 Å². The van der Waals surface area contributed by atoms with Crippen LogP contribution in [0.1, 0.15) is 36.0 Å². The Morgan fingerprint density at radius 2 is 0.811 bits per heavy atom. The zero-order valence-corrected chi connectivity index (χ0v) is 29.8. The topological polar surface area (TPSA) is 3.24 Å². The van der Waals surface area contributed by atoms with Crippen molar-refractivity contribution in [2.24, 2.45) is 0 Å². The first-order valence-corrected chi connectivity index (χ1v) is 18.8. The molecule has 7 aromatic rings. The molecule has 0 bridgehead atoms. The Hall–Kier alpha value is -6.44. The lowest BCUT2D eigenvalue weighted by molar-refractivity contribution is 0.969. The zero-order valence-electron chi connectivity index (χ0n) is 29.8. The molecular formula is C52H41N. The van der Waals surface area contributed by atoms with Gasteiger partial charge < -0.3 is 4.90 Å². The molecule has 0 atom stereocenters. The largest absolute Gasteiger partial charge is 0.311 e. The number of rotatable bonds is 8. The molecule has 0 spiro atoms. The van der Waals surface area contributed by atoms with Crippen LogP contribution in [0.15, 0.2) is 194 Å². The highest BCUT2D eigenvalue weighted by molar-refractivity contribution is 5.83. The summed E-state index contributed by atoms with van der Waals surface area (Å²) in [4.78, 5) is 2.34. The predicted octanol–water partition coefficient (Wildman–Crippen LogP) is 14.5. The van der Waals surface area contributed by atoms with E-state index in [-0.39, 0.29) is 0 Å². The van der Waals surface area contributed by atoms with Crippen LogP contribution in [-0.2, 0) is 6.42 Å². The first kappa shape index (κ1) is 32.5. The van der Waals surface area contributed by atoms with Gasteiger partial charge in [0.25, 0.3) is 0 Å². The van der Waals surface area contributed by atoms with Gasteiger partial charge in [-0.25, -0.2) is 0 Å². The molecule has 0 aromatic heterocycles. The zero-order chi connectivity index (χ0) is 35.4. The van der Waals surface area contributed by atoms with Gasteiger partial charge in [0, 0.05) is 17.1 Å². The monoisotopic (exact) mass is 679 g/mol. The number of anilines is 3. The summed E-state index contributed by atoms with van der Waals surface area (Å²) in [5.74, 6) is 0. The molecule has 1 nitrogen and oxygen atoms in total. The van der Waals surface area contributed by atoms with Crippen molar-refractivity contribution in [3.63, 3.8) is 0 Å². The highest BCUT2D eigenvalue weighted by Gasteiger charge is 2.17. The number of allylic oxidation sites excluding steroid dienone is 5. The predicted molar refractivity (Wildman–Crippen MR) is 227 cm³/mol. The summed E-state index contributed by atoms with van der Waals surface area (Å²) in [6, 6.07) is 61.8. The molecule has 0 saturated heterocycles. The van der Waals surface area contributed by atoms with Crippen LogP contribution >= 0.6 is 0 Å². The summed E-state index contributed by atoms with van der Waals surface area (Å²) in [5.41, 5.74) is 18.9. The van der Waals surface area contributed by atoms with E-state index in [1.165, 1.54) is 66.8 Å². The average Bonchev–Trinajstić information content (AvgIpc) is 3.25. The highest BCUT2D eigenvalue weighted by atomic mass is 15.1. The van der Waals surface area contributed by atoms with Gasteiger partial charge in [-0.1, -0.05) is 152 Å². The fraction of sp³-hybridized carbons (Fsp3) is 0.0769. The minimum absolute atomic E-state index is 1.11. The smallest absolute Gasteiger partial charge is 0.0462 e. The molecule has 9 rings (SSSR count). The van der Waals surface area contributed by atoms with Crippen LogP contribution in [0.25, 0.3) is 56.2 Å². The van der Waals surface area contributed by atoms with Crippen molar-refractivity contribution >= 4 is 28.7 Å². The summed E-state index contributed by atoms with van der Waals surface area (Å²) in [5, 5.41) is 0. The maximum Gasteiger partial charge on any atom is 0.0462 e. The van der Waals surface area contributed by atoms with Crippen molar-refractivity contribution in [3.8, 4) is 44.5 Å². The van der Waals surface area contributed by atoms with Crippen molar-refractivity contribution in [1.82, 2.24) is 0 Å². The molecule has 0 fully saturated rings. The van der Waals surface area contributed by atoms with E-state index in [0.29, 0.717) is 0 Å². The van der Waals surface area contributed by atoms with Crippen molar-refractivity contribution in [2.75, 3.05) is 4.90 Å². The van der Waals surface area contributed by atoms with Crippen molar-refractivity contribution in [3.05, 3.63) is 211 Å². The highest BCUT2D eigenvalue weighted by Crippen LogP contribution is 2.39. The Balaban J connectivity index is 1.02. The molecule has 0 heterocycles. The first-order chi connectivity index (χ1) is 26.3. The van der Waals surface area contributed by atoms with Crippen molar-refractivity contribution < 1.29 is 0 Å². The summed E-state index contributed by atoms with van der Waals surface area (Å²) < 4.78 is 0. The third kappa shape index (κ3) is 6.82. The van der Waals surface area contributed by atoms with Crippen LogP contribution in [0.4, 0.5) is 17.1 Å². The van der Waals surface area contributed by atoms with E-state index in [1.54, 1.807) is 0 Å². The molecule has 0 amide bonds. The van der Waals surface area contributed by atoms with Gasteiger partial charge in [0.1, 0.15) is 0 Å².